The molecule has 0 spiro atoms. The van der Waals surface area contributed by atoms with E-state index in [1.807, 2.05) is 6.07 Å². The van der Waals surface area contributed by atoms with E-state index in [0.29, 0.717) is 22.5 Å². The van der Waals surface area contributed by atoms with E-state index in [-0.39, 0.29) is 85.8 Å². The number of rotatable bonds is 5. The van der Waals surface area contributed by atoms with Crippen LogP contribution < -0.4 is 17.2 Å². The molecule has 0 radical (unpaired) electrons. The zero-order chi connectivity index (χ0) is 32.9. The standard InChI is InChI=1S/C11H7Cl5N4O.C11H5Cl5N4.H2O2/c12-5-2(6(13)8(15)9(16)7(5)14)1-3-4(11(18)21)10(17)20-19-3;12-6-3(7(13)9(15)10(16)8(6)14)1-5-4(2-17)11(18)20-19-5;1-2/h1H2,(H2,18,21)(H3,17,19,20);1H2,(H3,18,19,20);1-2H. The summed E-state index contributed by atoms with van der Waals surface area (Å²) in [5.74, 6) is -0.647. The van der Waals surface area contributed by atoms with E-state index < -0.39 is 5.91 Å². The molecule has 0 aliphatic heterocycles. The van der Waals surface area contributed by atoms with Gasteiger partial charge in [-0.3, -0.25) is 25.5 Å². The number of amides is 1. The van der Waals surface area contributed by atoms with Crippen LogP contribution in [-0.4, -0.2) is 36.8 Å². The molecule has 43 heavy (non-hydrogen) atoms. The largest absolute Gasteiger partial charge is 0.382 e. The average molecular weight is 793 g/mol. The molecule has 21 heteroatoms. The Kier molecular flexibility index (Phi) is 13.9. The number of primary amides is 1. The molecule has 2 aromatic carbocycles. The second kappa shape index (κ2) is 16.0. The lowest BCUT2D eigenvalue weighted by Crippen LogP contribution is -2.14. The van der Waals surface area contributed by atoms with Crippen LogP contribution in [0.4, 0.5) is 11.6 Å². The van der Waals surface area contributed by atoms with Crippen LogP contribution in [0.1, 0.15) is 38.4 Å². The van der Waals surface area contributed by atoms with Gasteiger partial charge in [-0.1, -0.05) is 116 Å². The highest BCUT2D eigenvalue weighted by Gasteiger charge is 2.24. The SMILES string of the molecule is N#Cc1c(N)n[nH]c1Cc1c(Cl)c(Cl)c(Cl)c(Cl)c1Cl.NC(=O)c1c(N)n[nH]c1Cc1c(Cl)c(Cl)c(Cl)c(Cl)c1Cl.OO. The highest BCUT2D eigenvalue weighted by atomic mass is 35.5. The van der Waals surface area contributed by atoms with Crippen molar-refractivity contribution in [3.8, 4) is 6.07 Å². The second-order valence-electron chi connectivity index (χ2n) is 7.85. The number of hydrogen-bond acceptors (Lipinski definition) is 8. The van der Waals surface area contributed by atoms with Crippen molar-refractivity contribution in [2.24, 2.45) is 5.73 Å². The summed E-state index contributed by atoms with van der Waals surface area (Å²) in [4.78, 5) is 11.4. The monoisotopic (exact) mass is 788 g/mol. The van der Waals surface area contributed by atoms with Crippen LogP contribution in [0.15, 0.2) is 0 Å². The van der Waals surface area contributed by atoms with Gasteiger partial charge in [0.15, 0.2) is 11.6 Å². The van der Waals surface area contributed by atoms with Crippen LogP contribution in [0.3, 0.4) is 0 Å². The minimum Gasteiger partial charge on any atom is -0.382 e. The van der Waals surface area contributed by atoms with Crippen molar-refractivity contribution in [3.63, 3.8) is 0 Å². The van der Waals surface area contributed by atoms with Gasteiger partial charge in [0.25, 0.3) is 5.91 Å². The molecule has 0 aliphatic carbocycles. The Balaban J connectivity index is 0.000000284. The predicted molar refractivity (Wildman–Crippen MR) is 173 cm³/mol. The van der Waals surface area contributed by atoms with E-state index in [4.69, 9.17) is 149 Å². The number of hydrogen-bond donors (Lipinski definition) is 7. The third-order valence-electron chi connectivity index (χ3n) is 5.41. The smallest absolute Gasteiger partial charge is 0.254 e. The summed E-state index contributed by atoms with van der Waals surface area (Å²) < 4.78 is 0. The molecule has 0 aliphatic rings. The van der Waals surface area contributed by atoms with E-state index >= 15 is 0 Å². The van der Waals surface area contributed by atoms with Gasteiger partial charge in [-0.05, 0) is 11.1 Å². The fourth-order valence-electron chi connectivity index (χ4n) is 3.41. The van der Waals surface area contributed by atoms with Gasteiger partial charge >= 0.3 is 0 Å². The summed E-state index contributed by atoms with van der Waals surface area (Å²) in [6.45, 7) is 0. The number of nitrogens with zero attached hydrogens (tertiary/aromatic N) is 3. The van der Waals surface area contributed by atoms with Gasteiger partial charge in [-0.25, -0.2) is 0 Å². The van der Waals surface area contributed by atoms with Gasteiger partial charge < -0.3 is 17.2 Å². The first-order valence-corrected chi connectivity index (χ1v) is 14.5. The first kappa shape index (κ1) is 37.4. The van der Waals surface area contributed by atoms with Crippen molar-refractivity contribution in [3.05, 3.63) is 83.9 Å². The van der Waals surface area contributed by atoms with E-state index in [0.717, 1.165) is 0 Å². The van der Waals surface area contributed by atoms with Crippen LogP contribution in [0.2, 0.25) is 50.2 Å². The molecule has 0 saturated heterocycles. The number of H-pyrrole nitrogens is 2. The van der Waals surface area contributed by atoms with E-state index in [1.54, 1.807) is 0 Å². The maximum absolute atomic E-state index is 11.4. The van der Waals surface area contributed by atoms with Crippen LogP contribution in [-0.2, 0) is 12.8 Å². The van der Waals surface area contributed by atoms with Crippen molar-refractivity contribution in [2.75, 3.05) is 11.5 Å². The van der Waals surface area contributed by atoms with Gasteiger partial charge in [0.05, 0.1) is 61.6 Å². The number of aromatic amines is 2. The molecule has 4 rings (SSSR count). The fourth-order valence-corrected chi connectivity index (χ4v) is 6.03. The minimum absolute atomic E-state index is 0.0177. The molecule has 0 saturated carbocycles. The summed E-state index contributed by atoms with van der Waals surface area (Å²) in [5.41, 5.74) is 18.3. The fraction of sp³-hybridized carbons (Fsp3) is 0.0909. The number of aromatic nitrogens is 4. The van der Waals surface area contributed by atoms with Crippen LogP contribution >= 0.6 is 116 Å². The average Bonchev–Trinajstić information content (AvgIpc) is 3.55. The Hall–Kier alpha value is -1.76. The van der Waals surface area contributed by atoms with Gasteiger partial charge in [0.2, 0.25) is 0 Å². The maximum atomic E-state index is 11.4. The molecule has 0 fully saturated rings. The molecule has 10 N–H and O–H groups in total. The van der Waals surface area contributed by atoms with E-state index in [1.165, 1.54) is 0 Å². The highest BCUT2D eigenvalue weighted by molar-refractivity contribution is 6.56. The Bertz CT molecular complexity index is 1680. The normalized spacial score (nSPS) is 10.4. The number of halogens is 10. The Labute approximate surface area is 292 Å². The van der Waals surface area contributed by atoms with Gasteiger partial charge in [0.1, 0.15) is 17.2 Å². The molecule has 4 aromatic rings. The van der Waals surface area contributed by atoms with Crippen molar-refractivity contribution >= 4 is 134 Å². The molecule has 230 valence electrons. The number of benzene rings is 2. The van der Waals surface area contributed by atoms with Crippen molar-refractivity contribution in [1.29, 1.82) is 5.26 Å². The number of nitrogens with one attached hydrogen (secondary N) is 2. The first-order chi connectivity index (χ1) is 20.1. The predicted octanol–water partition coefficient (Wildman–Crippen LogP) is 8.69. The zero-order valence-corrected chi connectivity index (χ0v) is 28.1. The molecule has 0 atom stereocenters. The van der Waals surface area contributed by atoms with Crippen molar-refractivity contribution in [1.82, 2.24) is 20.4 Å². The number of nitriles is 1. The number of anilines is 2. The van der Waals surface area contributed by atoms with E-state index in [9.17, 15) is 4.79 Å². The molecule has 1 amide bonds. The van der Waals surface area contributed by atoms with Crippen LogP contribution in [0.25, 0.3) is 0 Å². The zero-order valence-electron chi connectivity index (χ0n) is 20.6. The van der Waals surface area contributed by atoms with Crippen molar-refractivity contribution in [2.45, 2.75) is 12.8 Å². The molecular formula is C22H14Cl10N8O3. The number of nitrogen functional groups attached to an aromatic ring is 2. The summed E-state index contributed by atoms with van der Waals surface area (Å²) in [7, 11) is 0. The second-order valence-corrected chi connectivity index (χ2v) is 11.6. The number of carbonyl (C=O) groups excluding carboxylic acids is 1. The Morgan fingerprint density at radius 1 is 0.651 bits per heavy atom. The lowest BCUT2D eigenvalue weighted by Gasteiger charge is -2.12. The molecule has 2 aromatic heterocycles. The molecule has 0 unspecified atom stereocenters. The topological polar surface area (TPSA) is 217 Å². The summed E-state index contributed by atoms with van der Waals surface area (Å²) in [6, 6.07) is 1.95. The van der Waals surface area contributed by atoms with Crippen LogP contribution in [0.5, 0.6) is 0 Å². The molecule has 11 nitrogen and oxygen atoms in total. The third-order valence-corrected chi connectivity index (χ3v) is 10.1. The molecule has 0 bridgehead atoms. The Morgan fingerprint density at radius 3 is 1.35 bits per heavy atom. The number of nitrogens with two attached hydrogens (primary N) is 3. The minimum atomic E-state index is -0.727. The first-order valence-electron chi connectivity index (χ1n) is 10.7. The van der Waals surface area contributed by atoms with E-state index in [2.05, 4.69) is 20.4 Å². The van der Waals surface area contributed by atoms with Gasteiger partial charge in [0, 0.05) is 12.8 Å². The number of carbonyl (C=O) groups is 1. The summed E-state index contributed by atoms with van der Waals surface area (Å²) >= 11 is 60.2. The quantitative estimate of drug-likeness (QED) is 0.0448. The maximum Gasteiger partial charge on any atom is 0.254 e. The lowest BCUT2D eigenvalue weighted by molar-refractivity contribution is -0.176. The molecular weight excluding hydrogens is 779 g/mol. The highest BCUT2D eigenvalue weighted by Crippen LogP contribution is 2.46. The Morgan fingerprint density at radius 2 is 0.977 bits per heavy atom. The summed E-state index contributed by atoms with van der Waals surface area (Å²) in [5, 5.41) is 34.8. The van der Waals surface area contributed by atoms with Gasteiger partial charge in [-0.15, -0.1) is 0 Å². The lowest BCUT2D eigenvalue weighted by atomic mass is 10.1. The van der Waals surface area contributed by atoms with Crippen molar-refractivity contribution < 1.29 is 15.3 Å². The molecule has 2 heterocycles. The third kappa shape index (κ3) is 7.91. The summed E-state index contributed by atoms with van der Waals surface area (Å²) in [6.07, 6.45) is 0.248. The van der Waals surface area contributed by atoms with Crippen LogP contribution in [0, 0.1) is 11.3 Å². The van der Waals surface area contributed by atoms with Gasteiger partial charge in [-0.2, -0.15) is 15.5 Å².